The monoisotopic (exact) mass is 285 g/mol. The number of hydrogen-bond donors (Lipinski definition) is 2. The van der Waals surface area contributed by atoms with Crippen LogP contribution in [0.25, 0.3) is 0 Å². The zero-order valence-electron chi connectivity index (χ0n) is 11.0. The molecule has 5 nitrogen and oxygen atoms in total. The summed E-state index contributed by atoms with van der Waals surface area (Å²) in [6.07, 6.45) is 0. The van der Waals surface area contributed by atoms with Gasteiger partial charge in [0.25, 0.3) is 0 Å². The highest BCUT2D eigenvalue weighted by molar-refractivity contribution is 7.89. The molecule has 6 heteroatoms. The highest BCUT2D eigenvalue weighted by atomic mass is 32.2. The van der Waals surface area contributed by atoms with Crippen LogP contribution in [0.1, 0.15) is 19.4 Å². The SMILES string of the molecule is CC(C)C(CS(=O)(=O)NCc1ccccc1)C(=O)O. The Morgan fingerprint density at radius 2 is 1.84 bits per heavy atom. The second kappa shape index (κ2) is 6.68. The molecule has 0 amide bonds. The molecule has 1 aromatic carbocycles. The van der Waals surface area contributed by atoms with Crippen LogP contribution in [0.4, 0.5) is 0 Å². The predicted molar refractivity (Wildman–Crippen MR) is 73.0 cm³/mol. The summed E-state index contributed by atoms with van der Waals surface area (Å²) in [5.74, 6) is -2.61. The molecule has 0 aliphatic carbocycles. The van der Waals surface area contributed by atoms with Crippen LogP contribution >= 0.6 is 0 Å². The average Bonchev–Trinajstić information content (AvgIpc) is 2.34. The van der Waals surface area contributed by atoms with Crippen LogP contribution in [-0.4, -0.2) is 25.2 Å². The molecule has 2 N–H and O–H groups in total. The third-order valence-electron chi connectivity index (χ3n) is 2.86. The lowest BCUT2D eigenvalue weighted by Gasteiger charge is -2.16. The maximum atomic E-state index is 11.8. The van der Waals surface area contributed by atoms with Crippen molar-refractivity contribution in [3.8, 4) is 0 Å². The van der Waals surface area contributed by atoms with E-state index in [2.05, 4.69) is 4.72 Å². The van der Waals surface area contributed by atoms with Crippen molar-refractivity contribution in [2.75, 3.05) is 5.75 Å². The Morgan fingerprint density at radius 1 is 1.26 bits per heavy atom. The van der Waals surface area contributed by atoms with Gasteiger partial charge in [-0.25, -0.2) is 13.1 Å². The van der Waals surface area contributed by atoms with Crippen molar-refractivity contribution in [3.05, 3.63) is 35.9 Å². The molecule has 0 aliphatic rings. The maximum Gasteiger partial charge on any atom is 0.307 e. The summed E-state index contributed by atoms with van der Waals surface area (Å²) < 4.78 is 26.1. The predicted octanol–water partition coefficient (Wildman–Crippen LogP) is 1.46. The first-order valence-electron chi connectivity index (χ1n) is 6.06. The molecule has 0 saturated heterocycles. The number of rotatable bonds is 7. The van der Waals surface area contributed by atoms with E-state index in [1.807, 2.05) is 18.2 Å². The summed E-state index contributed by atoms with van der Waals surface area (Å²) in [5.41, 5.74) is 0.836. The van der Waals surface area contributed by atoms with Gasteiger partial charge in [0, 0.05) is 6.54 Å². The number of aliphatic carboxylic acids is 1. The van der Waals surface area contributed by atoms with E-state index in [0.29, 0.717) is 0 Å². The normalized spacial score (nSPS) is 13.4. The van der Waals surface area contributed by atoms with Crippen molar-refractivity contribution in [1.29, 1.82) is 0 Å². The lowest BCUT2D eigenvalue weighted by Crippen LogP contribution is -2.34. The molecule has 1 atom stereocenters. The molecule has 0 aromatic heterocycles. The highest BCUT2D eigenvalue weighted by Crippen LogP contribution is 2.13. The topological polar surface area (TPSA) is 83.5 Å². The fraction of sp³-hybridized carbons (Fsp3) is 0.462. The summed E-state index contributed by atoms with van der Waals surface area (Å²) in [4.78, 5) is 11.0. The molecule has 0 fully saturated rings. The lowest BCUT2D eigenvalue weighted by molar-refractivity contribution is -0.142. The number of nitrogens with one attached hydrogen (secondary N) is 1. The standard InChI is InChI=1S/C13H19NO4S/c1-10(2)12(13(15)16)9-19(17,18)14-8-11-6-4-3-5-7-11/h3-7,10,12,14H,8-9H2,1-2H3,(H,15,16). The smallest absolute Gasteiger partial charge is 0.307 e. The molecule has 0 radical (unpaired) electrons. The Labute approximate surface area is 113 Å². The van der Waals surface area contributed by atoms with Crippen molar-refractivity contribution in [1.82, 2.24) is 4.72 Å². The van der Waals surface area contributed by atoms with Crippen molar-refractivity contribution < 1.29 is 18.3 Å². The fourth-order valence-corrected chi connectivity index (χ4v) is 3.14. The molecule has 0 saturated carbocycles. The molecule has 0 spiro atoms. The van der Waals surface area contributed by atoms with Gasteiger partial charge in [-0.05, 0) is 11.5 Å². The van der Waals surface area contributed by atoms with Crippen LogP contribution in [0.15, 0.2) is 30.3 Å². The van der Waals surface area contributed by atoms with Gasteiger partial charge in [0.2, 0.25) is 10.0 Å². The van der Waals surface area contributed by atoms with E-state index in [-0.39, 0.29) is 12.5 Å². The number of sulfonamides is 1. The van der Waals surface area contributed by atoms with Crippen molar-refractivity contribution >= 4 is 16.0 Å². The summed E-state index contributed by atoms with van der Waals surface area (Å²) >= 11 is 0. The molecular formula is C13H19NO4S. The fourth-order valence-electron chi connectivity index (χ4n) is 1.63. The third-order valence-corrected chi connectivity index (χ3v) is 4.24. The van der Waals surface area contributed by atoms with Gasteiger partial charge in [0.1, 0.15) is 0 Å². The molecule has 1 unspecified atom stereocenters. The van der Waals surface area contributed by atoms with Crippen molar-refractivity contribution in [2.24, 2.45) is 11.8 Å². The Kier molecular flexibility index (Phi) is 5.50. The quantitative estimate of drug-likeness (QED) is 0.794. The number of benzene rings is 1. The number of hydrogen-bond acceptors (Lipinski definition) is 3. The third kappa shape index (κ3) is 5.40. The minimum atomic E-state index is -3.60. The van der Waals surface area contributed by atoms with E-state index >= 15 is 0 Å². The lowest BCUT2D eigenvalue weighted by atomic mass is 9.98. The van der Waals surface area contributed by atoms with E-state index in [1.54, 1.807) is 26.0 Å². The van der Waals surface area contributed by atoms with Gasteiger partial charge in [-0.15, -0.1) is 0 Å². The molecule has 106 valence electrons. The van der Waals surface area contributed by atoms with E-state index in [4.69, 9.17) is 5.11 Å². The van der Waals surface area contributed by atoms with Crippen LogP contribution in [0.3, 0.4) is 0 Å². The van der Waals surface area contributed by atoms with Crippen LogP contribution in [0, 0.1) is 11.8 Å². The molecule has 1 rings (SSSR count). The maximum absolute atomic E-state index is 11.8. The zero-order chi connectivity index (χ0) is 14.5. The van der Waals surface area contributed by atoms with Crippen LogP contribution in [-0.2, 0) is 21.4 Å². The molecule has 1 aromatic rings. The number of carboxylic acid groups (broad SMARTS) is 1. The van der Waals surface area contributed by atoms with Crippen LogP contribution in [0.5, 0.6) is 0 Å². The Hall–Kier alpha value is -1.40. The van der Waals surface area contributed by atoms with Gasteiger partial charge in [0.15, 0.2) is 0 Å². The van der Waals surface area contributed by atoms with Crippen molar-refractivity contribution in [3.63, 3.8) is 0 Å². The molecule has 0 heterocycles. The Morgan fingerprint density at radius 3 is 2.32 bits per heavy atom. The molecule has 19 heavy (non-hydrogen) atoms. The molecular weight excluding hydrogens is 266 g/mol. The van der Waals surface area contributed by atoms with Crippen molar-refractivity contribution in [2.45, 2.75) is 20.4 Å². The summed E-state index contributed by atoms with van der Waals surface area (Å²) in [5, 5.41) is 9.00. The number of carboxylic acids is 1. The summed E-state index contributed by atoms with van der Waals surface area (Å²) in [7, 11) is -3.60. The zero-order valence-corrected chi connectivity index (χ0v) is 11.9. The first-order chi connectivity index (χ1) is 8.82. The van der Waals surface area contributed by atoms with Crippen LogP contribution in [0.2, 0.25) is 0 Å². The van der Waals surface area contributed by atoms with Gasteiger partial charge < -0.3 is 5.11 Å². The van der Waals surface area contributed by atoms with E-state index in [1.165, 1.54) is 0 Å². The van der Waals surface area contributed by atoms with Gasteiger partial charge in [-0.1, -0.05) is 44.2 Å². The second-order valence-corrected chi connectivity index (χ2v) is 6.63. The first kappa shape index (κ1) is 15.7. The van der Waals surface area contributed by atoms with Gasteiger partial charge in [0.05, 0.1) is 11.7 Å². The van der Waals surface area contributed by atoms with E-state index in [0.717, 1.165) is 5.56 Å². The largest absolute Gasteiger partial charge is 0.481 e. The van der Waals surface area contributed by atoms with Gasteiger partial charge in [-0.2, -0.15) is 0 Å². The second-order valence-electron chi connectivity index (χ2n) is 4.78. The number of carbonyl (C=O) groups is 1. The highest BCUT2D eigenvalue weighted by Gasteiger charge is 2.27. The Bertz CT molecular complexity index is 511. The first-order valence-corrected chi connectivity index (χ1v) is 7.71. The minimum absolute atomic E-state index is 0.174. The molecule has 0 aliphatic heterocycles. The van der Waals surface area contributed by atoms with E-state index in [9.17, 15) is 13.2 Å². The molecule has 0 bridgehead atoms. The average molecular weight is 285 g/mol. The van der Waals surface area contributed by atoms with Crippen LogP contribution < -0.4 is 4.72 Å². The summed E-state index contributed by atoms with van der Waals surface area (Å²) in [6, 6.07) is 9.09. The Balaban J connectivity index is 2.64. The van der Waals surface area contributed by atoms with Gasteiger partial charge >= 0.3 is 5.97 Å². The van der Waals surface area contributed by atoms with E-state index < -0.39 is 27.7 Å². The van der Waals surface area contributed by atoms with Gasteiger partial charge in [-0.3, -0.25) is 4.79 Å². The minimum Gasteiger partial charge on any atom is -0.481 e. The summed E-state index contributed by atoms with van der Waals surface area (Å²) in [6.45, 7) is 3.57.